The number of esters is 2. The molecule has 0 aliphatic carbocycles. The predicted molar refractivity (Wildman–Crippen MR) is 59.2 cm³/mol. The second kappa shape index (κ2) is 5.93. The normalized spacial score (nSPS) is 8.88. The third kappa shape index (κ3) is 3.41. The zero-order valence-corrected chi connectivity index (χ0v) is 9.72. The number of carbonyl (C=O) groups is 2. The smallest absolute Gasteiger partial charge is 0.384 e. The van der Waals surface area contributed by atoms with E-state index in [0.717, 1.165) is 0 Å². The summed E-state index contributed by atoms with van der Waals surface area (Å²) in [5.74, 6) is 3.95. The fourth-order valence-electron chi connectivity index (χ4n) is 0.895. The molecule has 0 amide bonds. The maximum Gasteiger partial charge on any atom is 0.384 e. The monoisotopic (exact) mass is 238 g/mol. The minimum Gasteiger partial charge on any atom is -0.465 e. The Morgan fingerprint density at radius 2 is 2.19 bits per heavy atom. The molecule has 0 atom stereocenters. The number of rotatable bonds is 2. The van der Waals surface area contributed by atoms with E-state index in [4.69, 9.17) is 0 Å². The SMILES string of the molecule is CCOC(=O)C#Cc1ccc(C(=O)OC)s1. The minimum absolute atomic E-state index is 0.297. The average Bonchev–Trinajstić information content (AvgIpc) is 2.74. The Hall–Kier alpha value is -1.80. The van der Waals surface area contributed by atoms with E-state index in [1.165, 1.54) is 18.4 Å². The Balaban J connectivity index is 2.72. The highest BCUT2D eigenvalue weighted by atomic mass is 32.1. The number of hydrogen-bond acceptors (Lipinski definition) is 5. The van der Waals surface area contributed by atoms with Crippen molar-refractivity contribution in [1.29, 1.82) is 0 Å². The summed E-state index contributed by atoms with van der Waals surface area (Å²) < 4.78 is 9.18. The van der Waals surface area contributed by atoms with Crippen molar-refractivity contribution >= 4 is 23.3 Å². The summed E-state index contributed by atoms with van der Waals surface area (Å²) in [4.78, 5) is 23.1. The Morgan fingerprint density at radius 1 is 1.44 bits per heavy atom. The van der Waals surface area contributed by atoms with Crippen LogP contribution in [0.25, 0.3) is 0 Å². The third-order valence-electron chi connectivity index (χ3n) is 1.56. The molecule has 1 aromatic heterocycles. The van der Waals surface area contributed by atoms with Crippen LogP contribution in [0.4, 0.5) is 0 Å². The van der Waals surface area contributed by atoms with Crippen LogP contribution < -0.4 is 0 Å². The number of hydrogen-bond donors (Lipinski definition) is 0. The van der Waals surface area contributed by atoms with Crippen LogP contribution in [0.1, 0.15) is 21.5 Å². The molecule has 5 heteroatoms. The lowest BCUT2D eigenvalue weighted by atomic mass is 10.4. The van der Waals surface area contributed by atoms with Crippen molar-refractivity contribution in [2.45, 2.75) is 6.92 Å². The standard InChI is InChI=1S/C11H10O4S/c1-3-15-10(12)7-5-8-4-6-9(16-8)11(13)14-2/h4,6H,3H2,1-2H3. The average molecular weight is 238 g/mol. The third-order valence-corrected chi connectivity index (χ3v) is 2.54. The summed E-state index contributed by atoms with van der Waals surface area (Å²) in [5.41, 5.74) is 0. The molecule has 0 fully saturated rings. The van der Waals surface area contributed by atoms with E-state index in [9.17, 15) is 9.59 Å². The fourth-order valence-corrected chi connectivity index (χ4v) is 1.67. The summed E-state index contributed by atoms with van der Waals surface area (Å²) in [6.45, 7) is 2.01. The predicted octanol–water partition coefficient (Wildman–Crippen LogP) is 1.45. The number of carbonyl (C=O) groups excluding carboxylic acids is 2. The van der Waals surface area contributed by atoms with Crippen molar-refractivity contribution in [1.82, 2.24) is 0 Å². The van der Waals surface area contributed by atoms with E-state index < -0.39 is 11.9 Å². The lowest BCUT2D eigenvalue weighted by Gasteiger charge is -1.91. The Labute approximate surface area is 97.2 Å². The van der Waals surface area contributed by atoms with Crippen molar-refractivity contribution < 1.29 is 19.1 Å². The Bertz CT molecular complexity index is 450. The van der Waals surface area contributed by atoms with Crippen LogP contribution in [0, 0.1) is 11.8 Å². The molecule has 1 heterocycles. The largest absolute Gasteiger partial charge is 0.465 e. The molecular formula is C11H10O4S. The molecule has 1 aromatic rings. The molecular weight excluding hydrogens is 228 g/mol. The molecule has 0 N–H and O–H groups in total. The summed E-state index contributed by atoms with van der Waals surface area (Å²) >= 11 is 1.17. The Morgan fingerprint density at radius 3 is 2.81 bits per heavy atom. The van der Waals surface area contributed by atoms with Crippen molar-refractivity contribution in [2.24, 2.45) is 0 Å². The number of ether oxygens (including phenoxy) is 2. The van der Waals surface area contributed by atoms with Crippen LogP contribution in [0.3, 0.4) is 0 Å². The van der Waals surface area contributed by atoms with Gasteiger partial charge in [-0.05, 0) is 25.0 Å². The molecule has 0 aliphatic heterocycles. The van der Waals surface area contributed by atoms with Crippen molar-refractivity contribution in [2.75, 3.05) is 13.7 Å². The van der Waals surface area contributed by atoms with Gasteiger partial charge in [0.05, 0.1) is 18.6 Å². The molecule has 4 nitrogen and oxygen atoms in total. The van der Waals surface area contributed by atoms with Crippen LogP contribution in [0.15, 0.2) is 12.1 Å². The summed E-state index contributed by atoms with van der Waals surface area (Å²) in [6, 6.07) is 3.26. The first-order valence-corrected chi connectivity index (χ1v) is 5.36. The lowest BCUT2D eigenvalue weighted by molar-refractivity contribution is -0.136. The van der Waals surface area contributed by atoms with Gasteiger partial charge < -0.3 is 9.47 Å². The summed E-state index contributed by atoms with van der Waals surface area (Å²) in [5, 5.41) is 0. The molecule has 16 heavy (non-hydrogen) atoms. The van der Waals surface area contributed by atoms with Gasteiger partial charge in [0.1, 0.15) is 4.88 Å². The number of thiophene rings is 1. The van der Waals surface area contributed by atoms with Crippen LogP contribution in [0.2, 0.25) is 0 Å². The summed E-state index contributed by atoms with van der Waals surface area (Å²) in [7, 11) is 1.31. The van der Waals surface area contributed by atoms with E-state index in [1.54, 1.807) is 19.1 Å². The highest BCUT2D eigenvalue weighted by Gasteiger charge is 2.07. The molecule has 0 bridgehead atoms. The first-order valence-electron chi connectivity index (χ1n) is 4.54. The van der Waals surface area contributed by atoms with Gasteiger partial charge in [-0.25, -0.2) is 9.59 Å². The molecule has 84 valence electrons. The van der Waals surface area contributed by atoms with Gasteiger partial charge in [0.25, 0.3) is 0 Å². The Kier molecular flexibility index (Phi) is 4.55. The maximum atomic E-state index is 11.1. The van der Waals surface area contributed by atoms with E-state index in [2.05, 4.69) is 21.3 Å². The molecule has 0 saturated heterocycles. The van der Waals surface area contributed by atoms with Gasteiger partial charge in [-0.1, -0.05) is 0 Å². The van der Waals surface area contributed by atoms with Crippen LogP contribution in [0.5, 0.6) is 0 Å². The van der Waals surface area contributed by atoms with Gasteiger partial charge in [0.15, 0.2) is 0 Å². The van der Waals surface area contributed by atoms with Gasteiger partial charge >= 0.3 is 11.9 Å². The van der Waals surface area contributed by atoms with Crippen LogP contribution >= 0.6 is 11.3 Å². The number of methoxy groups -OCH3 is 1. The van der Waals surface area contributed by atoms with Crippen molar-refractivity contribution in [3.8, 4) is 11.8 Å². The summed E-state index contributed by atoms with van der Waals surface area (Å²) in [6.07, 6.45) is 0. The second-order valence-corrected chi connectivity index (χ2v) is 3.71. The van der Waals surface area contributed by atoms with Gasteiger partial charge in [-0.3, -0.25) is 0 Å². The highest BCUT2D eigenvalue weighted by Crippen LogP contribution is 2.15. The first kappa shape index (κ1) is 12.3. The van der Waals surface area contributed by atoms with E-state index >= 15 is 0 Å². The minimum atomic E-state index is -0.574. The molecule has 0 aromatic carbocycles. The quantitative estimate of drug-likeness (QED) is 0.578. The zero-order valence-electron chi connectivity index (χ0n) is 8.90. The fraction of sp³-hybridized carbons (Fsp3) is 0.273. The van der Waals surface area contributed by atoms with E-state index in [0.29, 0.717) is 16.4 Å². The van der Waals surface area contributed by atoms with Gasteiger partial charge in [-0.2, -0.15) is 0 Å². The molecule has 0 spiro atoms. The van der Waals surface area contributed by atoms with Crippen LogP contribution in [-0.2, 0) is 14.3 Å². The maximum absolute atomic E-state index is 11.1. The molecule has 0 unspecified atom stereocenters. The molecule has 0 radical (unpaired) electrons. The topological polar surface area (TPSA) is 52.6 Å². The first-order chi connectivity index (χ1) is 7.67. The van der Waals surface area contributed by atoms with Crippen molar-refractivity contribution in [3.63, 3.8) is 0 Å². The highest BCUT2D eigenvalue weighted by molar-refractivity contribution is 7.14. The van der Waals surface area contributed by atoms with Gasteiger partial charge in [0.2, 0.25) is 0 Å². The van der Waals surface area contributed by atoms with E-state index in [-0.39, 0.29) is 0 Å². The molecule has 0 aliphatic rings. The van der Waals surface area contributed by atoms with Gasteiger partial charge in [-0.15, -0.1) is 11.3 Å². The molecule has 1 rings (SSSR count). The second-order valence-electron chi connectivity index (χ2n) is 2.63. The van der Waals surface area contributed by atoms with Gasteiger partial charge in [0, 0.05) is 5.92 Å². The molecule has 0 saturated carbocycles. The van der Waals surface area contributed by atoms with Crippen molar-refractivity contribution in [3.05, 3.63) is 21.9 Å². The zero-order chi connectivity index (χ0) is 12.0. The lowest BCUT2D eigenvalue weighted by Crippen LogP contribution is -1.99. The van der Waals surface area contributed by atoms with Crippen LogP contribution in [-0.4, -0.2) is 25.7 Å². The van der Waals surface area contributed by atoms with E-state index in [1.807, 2.05) is 0 Å².